The van der Waals surface area contributed by atoms with Crippen molar-refractivity contribution in [1.82, 2.24) is 5.32 Å². The molecule has 2 N–H and O–H groups in total. The van der Waals surface area contributed by atoms with E-state index in [1.807, 2.05) is 0 Å². The Hall–Kier alpha value is -1.62. The number of fused-ring (bicyclic) bond motifs is 2. The quantitative estimate of drug-likeness (QED) is 0.892. The number of methoxy groups -OCH3 is 1. The van der Waals surface area contributed by atoms with Gasteiger partial charge in [0.25, 0.3) is 5.91 Å². The summed E-state index contributed by atoms with van der Waals surface area (Å²) < 4.78 is 18.3. The summed E-state index contributed by atoms with van der Waals surface area (Å²) in [5.41, 5.74) is 0.382. The van der Waals surface area contributed by atoms with Crippen molar-refractivity contribution in [3.05, 3.63) is 29.6 Å². The molecule has 2 aliphatic carbocycles. The lowest BCUT2D eigenvalue weighted by Gasteiger charge is -2.30. The summed E-state index contributed by atoms with van der Waals surface area (Å²) in [6.07, 6.45) is 3.34. The van der Waals surface area contributed by atoms with Crippen molar-refractivity contribution < 1.29 is 19.0 Å². The summed E-state index contributed by atoms with van der Waals surface area (Å²) in [4.78, 5) is 12.3. The Bertz CT molecular complexity index is 548. The Balaban J connectivity index is 1.74. The largest absolute Gasteiger partial charge is 0.494 e. The van der Waals surface area contributed by atoms with Crippen LogP contribution >= 0.6 is 0 Å². The van der Waals surface area contributed by atoms with Crippen LogP contribution in [0.25, 0.3) is 0 Å². The van der Waals surface area contributed by atoms with Crippen molar-refractivity contribution in [2.45, 2.75) is 25.3 Å². The van der Waals surface area contributed by atoms with Gasteiger partial charge in [-0.3, -0.25) is 4.79 Å². The molecule has 1 aromatic carbocycles. The van der Waals surface area contributed by atoms with Crippen molar-refractivity contribution in [1.29, 1.82) is 0 Å². The molecule has 3 rings (SSSR count). The summed E-state index contributed by atoms with van der Waals surface area (Å²) >= 11 is 0. The molecule has 0 spiro atoms. The molecule has 0 heterocycles. The van der Waals surface area contributed by atoms with Crippen LogP contribution in [0.2, 0.25) is 0 Å². The van der Waals surface area contributed by atoms with Crippen molar-refractivity contribution in [3.8, 4) is 5.75 Å². The fourth-order valence-electron chi connectivity index (χ4n) is 3.93. The minimum atomic E-state index is -0.484. The predicted octanol–water partition coefficient (Wildman–Crippen LogP) is 1.97. The monoisotopic (exact) mass is 293 g/mol. The molecule has 2 fully saturated rings. The highest BCUT2D eigenvalue weighted by Crippen LogP contribution is 2.48. The zero-order chi connectivity index (χ0) is 15.0. The molecule has 0 saturated heterocycles. The van der Waals surface area contributed by atoms with Gasteiger partial charge in [-0.05, 0) is 49.3 Å². The van der Waals surface area contributed by atoms with Crippen molar-refractivity contribution >= 4 is 5.91 Å². The van der Waals surface area contributed by atoms with E-state index in [0.29, 0.717) is 17.4 Å². The molecule has 114 valence electrons. The lowest BCUT2D eigenvalue weighted by molar-refractivity contribution is 0.0861. The highest BCUT2D eigenvalue weighted by Gasteiger charge is 2.47. The fraction of sp³-hybridized carbons (Fsp3) is 0.562. The lowest BCUT2D eigenvalue weighted by Crippen LogP contribution is -2.45. The van der Waals surface area contributed by atoms with Crippen molar-refractivity contribution in [2.75, 3.05) is 13.7 Å². The Morgan fingerprint density at radius 3 is 2.90 bits per heavy atom. The Labute approximate surface area is 123 Å². The fourth-order valence-corrected chi connectivity index (χ4v) is 3.93. The Morgan fingerprint density at radius 1 is 1.43 bits per heavy atom. The zero-order valence-electron chi connectivity index (χ0n) is 12.0. The first-order chi connectivity index (χ1) is 10.1. The molecule has 1 amide bonds. The molecular weight excluding hydrogens is 273 g/mol. The summed E-state index contributed by atoms with van der Waals surface area (Å²) in [7, 11) is 1.37. The molecule has 4 nitrogen and oxygen atoms in total. The van der Waals surface area contributed by atoms with E-state index in [-0.39, 0.29) is 30.2 Å². The van der Waals surface area contributed by atoms with Crippen LogP contribution in [-0.2, 0) is 0 Å². The van der Waals surface area contributed by atoms with E-state index in [2.05, 4.69) is 5.32 Å². The topological polar surface area (TPSA) is 58.6 Å². The number of carbonyl (C=O) groups excluding carboxylic acids is 1. The molecule has 2 saturated carbocycles. The van der Waals surface area contributed by atoms with Gasteiger partial charge in [-0.15, -0.1) is 0 Å². The first-order valence-electron chi connectivity index (χ1n) is 7.39. The van der Waals surface area contributed by atoms with E-state index in [1.54, 1.807) is 0 Å². The van der Waals surface area contributed by atoms with E-state index in [4.69, 9.17) is 4.74 Å². The van der Waals surface area contributed by atoms with Gasteiger partial charge in [0.15, 0.2) is 11.6 Å². The number of hydrogen-bond acceptors (Lipinski definition) is 3. The van der Waals surface area contributed by atoms with Gasteiger partial charge in [0.1, 0.15) is 0 Å². The van der Waals surface area contributed by atoms with Crippen molar-refractivity contribution in [2.24, 2.45) is 17.8 Å². The van der Waals surface area contributed by atoms with Gasteiger partial charge in [0.2, 0.25) is 0 Å². The number of carbonyl (C=O) groups is 1. The third kappa shape index (κ3) is 2.50. The molecule has 2 aliphatic rings. The standard InChI is InChI=1S/C16H20FNO3/c1-21-14-7-11(4-5-13(14)17)16(20)18-15-10-3-2-9(6-10)12(15)8-19/h4-5,7,9-10,12,15,19H,2-3,6,8H2,1H3,(H,18,20)/t9-,10-,12+,15-/m0/s1. The maximum absolute atomic E-state index is 13.4. The summed E-state index contributed by atoms with van der Waals surface area (Å²) in [5.74, 6) is 0.474. The highest BCUT2D eigenvalue weighted by atomic mass is 19.1. The van der Waals surface area contributed by atoms with Crippen LogP contribution in [0.5, 0.6) is 5.75 Å². The first kappa shape index (κ1) is 14.3. The average Bonchev–Trinajstić information content (AvgIpc) is 3.08. The number of aliphatic hydroxyl groups excluding tert-OH is 1. The van der Waals surface area contributed by atoms with Gasteiger partial charge in [0, 0.05) is 24.1 Å². The Morgan fingerprint density at radius 2 is 2.19 bits per heavy atom. The van der Waals surface area contributed by atoms with Gasteiger partial charge in [-0.25, -0.2) is 4.39 Å². The van der Waals surface area contributed by atoms with Gasteiger partial charge >= 0.3 is 0 Å². The van der Waals surface area contributed by atoms with Crippen LogP contribution < -0.4 is 10.1 Å². The zero-order valence-corrected chi connectivity index (χ0v) is 12.0. The number of benzene rings is 1. The molecule has 0 radical (unpaired) electrons. The maximum atomic E-state index is 13.4. The number of rotatable bonds is 4. The lowest BCUT2D eigenvalue weighted by atomic mass is 9.85. The minimum absolute atomic E-state index is 0.0253. The van der Waals surface area contributed by atoms with E-state index in [0.717, 1.165) is 19.3 Å². The van der Waals surface area contributed by atoms with Crippen LogP contribution in [0.4, 0.5) is 4.39 Å². The molecule has 0 aliphatic heterocycles. The Kier molecular flexibility index (Phi) is 3.85. The minimum Gasteiger partial charge on any atom is -0.494 e. The third-order valence-corrected chi connectivity index (χ3v) is 5.01. The second-order valence-electron chi connectivity index (χ2n) is 6.03. The normalized spacial score (nSPS) is 30.4. The maximum Gasteiger partial charge on any atom is 0.251 e. The number of halogens is 1. The van der Waals surface area contributed by atoms with Gasteiger partial charge in [-0.2, -0.15) is 0 Å². The van der Waals surface area contributed by atoms with Crippen LogP contribution in [0.3, 0.4) is 0 Å². The number of amides is 1. The molecule has 21 heavy (non-hydrogen) atoms. The molecule has 0 unspecified atom stereocenters. The molecule has 0 aromatic heterocycles. The van der Waals surface area contributed by atoms with Gasteiger partial charge < -0.3 is 15.2 Å². The highest BCUT2D eigenvalue weighted by molar-refractivity contribution is 5.94. The van der Waals surface area contributed by atoms with Crippen molar-refractivity contribution in [3.63, 3.8) is 0 Å². The second kappa shape index (κ2) is 5.64. The van der Waals surface area contributed by atoms with Crippen LogP contribution in [-0.4, -0.2) is 30.8 Å². The van der Waals surface area contributed by atoms with Gasteiger partial charge in [0.05, 0.1) is 7.11 Å². The number of hydrogen-bond donors (Lipinski definition) is 2. The third-order valence-electron chi connectivity index (χ3n) is 5.01. The van der Waals surface area contributed by atoms with E-state index in [1.165, 1.54) is 25.3 Å². The van der Waals surface area contributed by atoms with E-state index >= 15 is 0 Å². The summed E-state index contributed by atoms with van der Waals surface area (Å²) in [5, 5.41) is 12.6. The predicted molar refractivity (Wildman–Crippen MR) is 75.6 cm³/mol. The molecule has 5 heteroatoms. The molecule has 2 bridgehead atoms. The van der Waals surface area contributed by atoms with Crippen LogP contribution in [0.1, 0.15) is 29.6 Å². The van der Waals surface area contributed by atoms with Gasteiger partial charge in [-0.1, -0.05) is 0 Å². The summed E-state index contributed by atoms with van der Waals surface area (Å²) in [6.45, 7) is 0.110. The second-order valence-corrected chi connectivity index (χ2v) is 6.03. The average molecular weight is 293 g/mol. The van der Waals surface area contributed by atoms with Crippen LogP contribution in [0, 0.1) is 23.6 Å². The number of nitrogens with one attached hydrogen (secondary N) is 1. The molecular formula is C16H20FNO3. The first-order valence-corrected chi connectivity index (χ1v) is 7.39. The smallest absolute Gasteiger partial charge is 0.251 e. The van der Waals surface area contributed by atoms with E-state index in [9.17, 15) is 14.3 Å². The number of ether oxygens (including phenoxy) is 1. The summed E-state index contributed by atoms with van der Waals surface area (Å²) in [6, 6.07) is 4.12. The van der Waals surface area contributed by atoms with E-state index < -0.39 is 5.82 Å². The number of aliphatic hydroxyl groups is 1. The van der Waals surface area contributed by atoms with Crippen LogP contribution in [0.15, 0.2) is 18.2 Å². The molecule has 1 aromatic rings. The SMILES string of the molecule is COc1cc(C(=O)N[C@H]2[C@H]3CC[C@@H](C3)[C@H]2CO)ccc1F. The molecule has 4 atom stereocenters.